The topological polar surface area (TPSA) is 74.0 Å². The van der Waals surface area contributed by atoms with Crippen LogP contribution in [-0.4, -0.2) is 24.9 Å². The number of benzene rings is 5. The number of rotatable bonds is 4. The van der Waals surface area contributed by atoms with Crippen LogP contribution in [0.4, 0.5) is 5.69 Å². The van der Waals surface area contributed by atoms with Gasteiger partial charge in [-0.05, 0) is 33.4 Å². The largest absolute Gasteiger partial charge is 0.562 e. The van der Waals surface area contributed by atoms with Crippen LogP contribution < -0.4 is 10.1 Å². The van der Waals surface area contributed by atoms with Crippen LogP contribution in [0.2, 0.25) is 0 Å². The van der Waals surface area contributed by atoms with Crippen molar-refractivity contribution < 1.29 is 14.2 Å². The third-order valence-corrected chi connectivity index (χ3v) is 6.90. The van der Waals surface area contributed by atoms with E-state index >= 15 is 0 Å². The molecule has 5 aromatic carbocycles. The summed E-state index contributed by atoms with van der Waals surface area (Å²) in [5.41, 5.74) is 2.63. The van der Waals surface area contributed by atoms with Gasteiger partial charge in [0.15, 0.2) is 0 Å². The smallest absolute Gasteiger partial charge is 0.532 e. The molecule has 0 saturated heterocycles. The third-order valence-electron chi connectivity index (χ3n) is 6.90. The molecule has 1 aliphatic rings. The Labute approximate surface area is 220 Å². The first kappa shape index (κ1) is 23.6. The lowest BCUT2D eigenvalue weighted by atomic mass is 9.77. The van der Waals surface area contributed by atoms with E-state index in [9.17, 15) is 10.1 Å². The molecule has 184 valence electrons. The molecule has 0 radical (unpaired) electrons. The van der Waals surface area contributed by atoms with Crippen molar-refractivity contribution in [3.8, 4) is 5.75 Å². The predicted octanol–water partition coefficient (Wildman–Crippen LogP) is 5.92. The van der Waals surface area contributed by atoms with E-state index in [-0.39, 0.29) is 12.3 Å². The second-order valence-electron chi connectivity index (χ2n) is 9.16. The zero-order chi connectivity index (χ0) is 26.0. The molecule has 0 aromatic heterocycles. The molecule has 0 spiro atoms. The SMILES string of the molecule is O=[N+]([O-])c1ccc(B2OCC(c3ccccc3)(c3ccccc3)N=Cc3c(ccc4ccccc34)O2)cc1. The average molecular weight is 498 g/mol. The Bertz CT molecular complexity index is 1580. The van der Waals surface area contributed by atoms with Crippen LogP contribution in [0.3, 0.4) is 0 Å². The summed E-state index contributed by atoms with van der Waals surface area (Å²) in [6.45, 7) is 0.186. The number of fused-ring (bicyclic) bond motifs is 3. The summed E-state index contributed by atoms with van der Waals surface area (Å²) < 4.78 is 13.0. The number of nitro benzene ring substituents is 1. The van der Waals surface area contributed by atoms with E-state index in [0.717, 1.165) is 27.5 Å². The Kier molecular flexibility index (Phi) is 6.19. The fourth-order valence-electron chi connectivity index (χ4n) is 4.90. The molecule has 0 unspecified atom stereocenters. The van der Waals surface area contributed by atoms with Crippen molar-refractivity contribution in [3.63, 3.8) is 0 Å². The van der Waals surface area contributed by atoms with Crippen molar-refractivity contribution in [1.29, 1.82) is 0 Å². The van der Waals surface area contributed by atoms with Crippen LogP contribution in [-0.2, 0) is 10.2 Å². The number of aliphatic imine (C=N–C) groups is 1. The summed E-state index contributed by atoms with van der Waals surface area (Å²) in [7, 11) is -0.816. The first-order chi connectivity index (χ1) is 18.6. The van der Waals surface area contributed by atoms with Crippen molar-refractivity contribution in [3.05, 3.63) is 148 Å². The zero-order valence-corrected chi connectivity index (χ0v) is 20.4. The number of nitrogens with zero attached hydrogens (tertiary/aromatic N) is 2. The van der Waals surface area contributed by atoms with Gasteiger partial charge >= 0.3 is 7.12 Å². The summed E-state index contributed by atoms with van der Waals surface area (Å²) in [6, 6.07) is 38.5. The summed E-state index contributed by atoms with van der Waals surface area (Å²) in [5.74, 6) is 0.618. The molecule has 0 saturated carbocycles. The van der Waals surface area contributed by atoms with Gasteiger partial charge in [0.1, 0.15) is 11.3 Å². The molecule has 0 bridgehead atoms. The molecule has 1 heterocycles. The highest BCUT2D eigenvalue weighted by atomic mass is 16.6. The molecule has 0 aliphatic carbocycles. The summed E-state index contributed by atoms with van der Waals surface area (Å²) >= 11 is 0. The molecule has 0 fully saturated rings. The lowest BCUT2D eigenvalue weighted by molar-refractivity contribution is -0.384. The highest BCUT2D eigenvalue weighted by Gasteiger charge is 2.38. The Morgan fingerprint density at radius 2 is 1.39 bits per heavy atom. The van der Waals surface area contributed by atoms with Gasteiger partial charge in [-0.3, -0.25) is 15.1 Å². The van der Waals surface area contributed by atoms with Crippen LogP contribution in [0.15, 0.2) is 126 Å². The molecule has 6 nitrogen and oxygen atoms in total. The number of non-ortho nitro benzene ring substituents is 1. The molecular formula is C31H23BN2O4. The first-order valence-corrected chi connectivity index (χ1v) is 12.3. The third kappa shape index (κ3) is 4.33. The Balaban J connectivity index is 1.57. The second-order valence-corrected chi connectivity index (χ2v) is 9.16. The van der Waals surface area contributed by atoms with E-state index in [2.05, 4.69) is 36.4 Å². The first-order valence-electron chi connectivity index (χ1n) is 12.3. The number of hydrogen-bond donors (Lipinski definition) is 0. The van der Waals surface area contributed by atoms with E-state index in [1.165, 1.54) is 12.1 Å². The lowest BCUT2D eigenvalue weighted by Gasteiger charge is -2.31. The number of nitro groups is 1. The Morgan fingerprint density at radius 3 is 2.05 bits per heavy atom. The van der Waals surface area contributed by atoms with Gasteiger partial charge in [-0.1, -0.05) is 103 Å². The summed E-state index contributed by atoms with van der Waals surface area (Å²) in [4.78, 5) is 16.1. The maximum atomic E-state index is 11.2. The summed E-state index contributed by atoms with van der Waals surface area (Å²) in [5, 5.41) is 13.3. The lowest BCUT2D eigenvalue weighted by Crippen LogP contribution is -2.43. The van der Waals surface area contributed by atoms with Gasteiger partial charge in [-0.15, -0.1) is 0 Å². The number of hydrogen-bond acceptors (Lipinski definition) is 5. The predicted molar refractivity (Wildman–Crippen MR) is 150 cm³/mol. The molecular weight excluding hydrogens is 475 g/mol. The molecule has 0 atom stereocenters. The molecule has 38 heavy (non-hydrogen) atoms. The fraction of sp³-hybridized carbons (Fsp3) is 0.0645. The van der Waals surface area contributed by atoms with E-state index in [4.69, 9.17) is 14.3 Å². The minimum absolute atomic E-state index is 0.00876. The van der Waals surface area contributed by atoms with Gasteiger partial charge in [0, 0.05) is 23.9 Å². The highest BCUT2D eigenvalue weighted by Crippen LogP contribution is 2.37. The maximum Gasteiger partial charge on any atom is 0.562 e. The molecule has 5 aromatic rings. The van der Waals surface area contributed by atoms with Gasteiger partial charge in [0.2, 0.25) is 0 Å². The minimum atomic E-state index is -0.858. The molecule has 1 aliphatic heterocycles. The van der Waals surface area contributed by atoms with Gasteiger partial charge in [0.05, 0.1) is 11.5 Å². The maximum absolute atomic E-state index is 11.2. The molecule has 0 N–H and O–H groups in total. The van der Waals surface area contributed by atoms with Gasteiger partial charge < -0.3 is 9.31 Å². The van der Waals surface area contributed by atoms with Crippen molar-refractivity contribution in [2.24, 2.45) is 4.99 Å². The van der Waals surface area contributed by atoms with E-state index in [1.807, 2.05) is 66.9 Å². The Hall–Kier alpha value is -4.75. The quantitative estimate of drug-likeness (QED) is 0.175. The van der Waals surface area contributed by atoms with Crippen LogP contribution in [0.1, 0.15) is 16.7 Å². The van der Waals surface area contributed by atoms with E-state index in [1.54, 1.807) is 12.1 Å². The van der Waals surface area contributed by atoms with Crippen LogP contribution in [0.5, 0.6) is 5.75 Å². The van der Waals surface area contributed by atoms with Crippen molar-refractivity contribution in [2.45, 2.75) is 5.54 Å². The standard InChI is InChI=1S/C31H23BN2O4/c35-34(36)27-18-16-26(17-19-27)32-37-22-31(24-10-3-1-4-11-24,25-12-5-2-6-13-25)33-21-29-28-14-8-7-9-23(28)15-20-30(29)38-32/h1-21H,22H2. The van der Waals surface area contributed by atoms with Crippen LogP contribution in [0, 0.1) is 10.1 Å². The molecule has 7 heteroatoms. The second kappa shape index (κ2) is 9.96. The highest BCUT2D eigenvalue weighted by molar-refractivity contribution is 6.62. The van der Waals surface area contributed by atoms with Crippen LogP contribution in [0.25, 0.3) is 10.8 Å². The minimum Gasteiger partial charge on any atom is -0.532 e. The fourth-order valence-corrected chi connectivity index (χ4v) is 4.90. The Morgan fingerprint density at radius 1 is 0.763 bits per heavy atom. The van der Waals surface area contributed by atoms with Gasteiger partial charge in [-0.2, -0.15) is 0 Å². The van der Waals surface area contributed by atoms with E-state index in [0.29, 0.717) is 11.2 Å². The molecule has 6 rings (SSSR count). The zero-order valence-electron chi connectivity index (χ0n) is 20.4. The van der Waals surface area contributed by atoms with Gasteiger partial charge in [-0.25, -0.2) is 0 Å². The van der Waals surface area contributed by atoms with Crippen LogP contribution >= 0.6 is 0 Å². The van der Waals surface area contributed by atoms with Crippen molar-refractivity contribution >= 4 is 35.3 Å². The van der Waals surface area contributed by atoms with Crippen molar-refractivity contribution in [2.75, 3.05) is 6.61 Å². The van der Waals surface area contributed by atoms with Gasteiger partial charge in [0.25, 0.3) is 5.69 Å². The summed E-state index contributed by atoms with van der Waals surface area (Å²) in [6.07, 6.45) is 1.89. The normalized spacial score (nSPS) is 14.6. The van der Waals surface area contributed by atoms with E-state index < -0.39 is 17.6 Å². The average Bonchev–Trinajstić information content (AvgIpc) is 3.06. The van der Waals surface area contributed by atoms with Crippen molar-refractivity contribution in [1.82, 2.24) is 0 Å². The molecule has 0 amide bonds. The monoisotopic (exact) mass is 498 g/mol.